The average molecular weight is 227 g/mol. The minimum atomic E-state index is -3.51. The van der Waals surface area contributed by atoms with Crippen LogP contribution in [0.25, 0.3) is 0 Å². The highest BCUT2D eigenvalue weighted by atomic mass is 32.2. The van der Waals surface area contributed by atoms with Crippen LogP contribution in [-0.4, -0.2) is 15.5 Å². The first-order valence-corrected chi connectivity index (χ1v) is 5.57. The Balaban J connectivity index is 0.000000583. The predicted molar refractivity (Wildman–Crippen MR) is 56.7 cm³/mol. The fraction of sp³-hybridized carbons (Fsp3) is 0.300. The van der Waals surface area contributed by atoms with Crippen molar-refractivity contribution in [1.82, 2.24) is 0 Å². The lowest BCUT2D eigenvalue weighted by molar-refractivity contribution is 0.398. The number of nitrogens with zero attached hydrogens (tertiary/aromatic N) is 1. The third kappa shape index (κ3) is 4.58. The van der Waals surface area contributed by atoms with E-state index in [9.17, 15) is 8.42 Å². The Morgan fingerprint density at radius 1 is 1.27 bits per heavy atom. The largest absolute Gasteiger partial charge is 0.296 e. The van der Waals surface area contributed by atoms with E-state index in [1.54, 1.807) is 18.2 Å². The molecule has 0 amide bonds. The molecule has 1 rings (SSSR count). The maximum Gasteiger partial charge on any atom is 0.296 e. The lowest BCUT2D eigenvalue weighted by Gasteiger charge is -2.00. The van der Waals surface area contributed by atoms with E-state index in [0.29, 0.717) is 0 Å². The number of hydrogen-bond donors (Lipinski definition) is 0. The summed E-state index contributed by atoms with van der Waals surface area (Å²) in [5.41, 5.74) is 1.02. The summed E-state index contributed by atoms with van der Waals surface area (Å²) < 4.78 is 26.5. The van der Waals surface area contributed by atoms with Crippen molar-refractivity contribution in [2.45, 2.75) is 18.7 Å². The molecule has 0 saturated heterocycles. The molecule has 0 bridgehead atoms. The lowest BCUT2D eigenvalue weighted by Crippen LogP contribution is -2.02. The summed E-state index contributed by atoms with van der Waals surface area (Å²) in [4.78, 5) is 0.190. The second-order valence-corrected chi connectivity index (χ2v) is 4.37. The normalized spacial score (nSPS) is 9.73. The van der Waals surface area contributed by atoms with Gasteiger partial charge in [0.2, 0.25) is 0 Å². The number of hydrogen-bond acceptors (Lipinski definition) is 4. The Labute approximate surface area is 90.2 Å². The molecular weight excluding hydrogens is 214 g/mol. The summed E-state index contributed by atoms with van der Waals surface area (Å²) in [6.07, 6.45) is 0. The highest BCUT2D eigenvalue weighted by Gasteiger charge is 2.10. The molecule has 1 aromatic rings. The van der Waals surface area contributed by atoms with Gasteiger partial charge in [0, 0.05) is 6.92 Å². The van der Waals surface area contributed by atoms with Crippen LogP contribution in [0.4, 0.5) is 0 Å². The zero-order valence-corrected chi connectivity index (χ0v) is 9.71. The smallest absolute Gasteiger partial charge is 0.270 e. The average Bonchev–Trinajstić information content (AvgIpc) is 2.20. The molecule has 1 aromatic carbocycles. The van der Waals surface area contributed by atoms with Gasteiger partial charge in [-0.2, -0.15) is 13.7 Å². The molecule has 0 aliphatic carbocycles. The van der Waals surface area contributed by atoms with E-state index < -0.39 is 10.1 Å². The minimum absolute atomic E-state index is 0.190. The van der Waals surface area contributed by atoms with E-state index in [1.807, 2.05) is 6.92 Å². The number of benzene rings is 1. The summed E-state index contributed by atoms with van der Waals surface area (Å²) in [5.74, 6) is 0. The van der Waals surface area contributed by atoms with E-state index >= 15 is 0 Å². The maximum absolute atomic E-state index is 11.1. The molecule has 0 heterocycles. The number of nitriles is 1. The molecule has 0 radical (unpaired) electrons. The standard InChI is InChI=1S/C8H10O3S.C2H3N/c1-7-3-5-8(6-4-7)12(9,10)11-2;1-2-3/h3-6H,1-2H3;1H3. The van der Waals surface area contributed by atoms with Crippen molar-refractivity contribution < 1.29 is 12.6 Å². The molecule has 0 unspecified atom stereocenters. The van der Waals surface area contributed by atoms with Gasteiger partial charge in [0.15, 0.2) is 0 Å². The zero-order chi connectivity index (χ0) is 11.9. The summed E-state index contributed by atoms with van der Waals surface area (Å²) in [7, 11) is -2.37. The Kier molecular flexibility index (Phi) is 5.60. The van der Waals surface area contributed by atoms with Crippen molar-refractivity contribution in [3.63, 3.8) is 0 Å². The third-order valence-electron chi connectivity index (χ3n) is 1.53. The second kappa shape index (κ2) is 6.17. The highest BCUT2D eigenvalue weighted by molar-refractivity contribution is 7.86. The molecule has 0 N–H and O–H groups in total. The molecule has 15 heavy (non-hydrogen) atoms. The molecule has 82 valence electrons. The van der Waals surface area contributed by atoms with Crippen molar-refractivity contribution in [3.8, 4) is 6.07 Å². The highest BCUT2D eigenvalue weighted by Crippen LogP contribution is 2.11. The molecule has 0 aromatic heterocycles. The van der Waals surface area contributed by atoms with Gasteiger partial charge in [-0.25, -0.2) is 0 Å². The van der Waals surface area contributed by atoms with Crippen LogP contribution in [0.2, 0.25) is 0 Å². The molecular formula is C10H13NO3S. The van der Waals surface area contributed by atoms with Gasteiger partial charge in [-0.05, 0) is 19.1 Å². The summed E-state index contributed by atoms with van der Waals surface area (Å²) in [6, 6.07) is 8.25. The Bertz CT molecular complexity index is 429. The first-order chi connectivity index (χ1) is 6.97. The molecule has 0 fully saturated rings. The molecule has 0 saturated carbocycles. The predicted octanol–water partition coefficient (Wildman–Crippen LogP) is 1.86. The monoisotopic (exact) mass is 227 g/mol. The molecule has 0 aliphatic heterocycles. The van der Waals surface area contributed by atoms with Crippen LogP contribution in [0.5, 0.6) is 0 Å². The second-order valence-electron chi connectivity index (χ2n) is 2.66. The molecule has 4 nitrogen and oxygen atoms in total. The summed E-state index contributed by atoms with van der Waals surface area (Å²) in [6.45, 7) is 3.32. The van der Waals surface area contributed by atoms with Crippen molar-refractivity contribution in [2.24, 2.45) is 0 Å². The topological polar surface area (TPSA) is 67.2 Å². The Morgan fingerprint density at radius 2 is 1.67 bits per heavy atom. The van der Waals surface area contributed by atoms with E-state index in [-0.39, 0.29) is 4.90 Å². The van der Waals surface area contributed by atoms with Crippen LogP contribution in [0.3, 0.4) is 0 Å². The van der Waals surface area contributed by atoms with E-state index in [1.165, 1.54) is 19.1 Å². The van der Waals surface area contributed by atoms with Gasteiger partial charge in [0.05, 0.1) is 18.1 Å². The van der Waals surface area contributed by atoms with Crippen LogP contribution in [0.1, 0.15) is 12.5 Å². The van der Waals surface area contributed by atoms with Gasteiger partial charge in [-0.3, -0.25) is 4.18 Å². The van der Waals surface area contributed by atoms with Gasteiger partial charge in [0.25, 0.3) is 10.1 Å². The first-order valence-electron chi connectivity index (χ1n) is 4.16. The SMILES string of the molecule is CC#N.COS(=O)(=O)c1ccc(C)cc1. The molecule has 0 spiro atoms. The summed E-state index contributed by atoms with van der Waals surface area (Å²) >= 11 is 0. The number of rotatable bonds is 2. The van der Waals surface area contributed by atoms with E-state index in [2.05, 4.69) is 4.18 Å². The first kappa shape index (κ1) is 13.6. The Morgan fingerprint density at radius 3 is 2.00 bits per heavy atom. The van der Waals surface area contributed by atoms with E-state index in [0.717, 1.165) is 12.7 Å². The van der Waals surface area contributed by atoms with Gasteiger partial charge >= 0.3 is 0 Å². The zero-order valence-electron chi connectivity index (χ0n) is 8.89. The third-order valence-corrected chi connectivity index (χ3v) is 2.82. The minimum Gasteiger partial charge on any atom is -0.270 e. The molecule has 0 aliphatic rings. The molecule has 0 atom stereocenters. The Hall–Kier alpha value is -1.38. The lowest BCUT2D eigenvalue weighted by atomic mass is 10.2. The van der Waals surface area contributed by atoms with Gasteiger partial charge in [0.1, 0.15) is 0 Å². The van der Waals surface area contributed by atoms with Crippen LogP contribution in [0.15, 0.2) is 29.2 Å². The van der Waals surface area contributed by atoms with Crippen LogP contribution >= 0.6 is 0 Å². The van der Waals surface area contributed by atoms with Crippen molar-refractivity contribution >= 4 is 10.1 Å². The van der Waals surface area contributed by atoms with Crippen molar-refractivity contribution in [1.29, 1.82) is 5.26 Å². The molecule has 5 heteroatoms. The summed E-state index contributed by atoms with van der Waals surface area (Å²) in [5, 5.41) is 7.32. The maximum atomic E-state index is 11.1. The van der Waals surface area contributed by atoms with Crippen LogP contribution < -0.4 is 0 Å². The number of aryl methyl sites for hydroxylation is 1. The van der Waals surface area contributed by atoms with Crippen LogP contribution in [-0.2, 0) is 14.3 Å². The fourth-order valence-electron chi connectivity index (χ4n) is 0.801. The van der Waals surface area contributed by atoms with Gasteiger partial charge in [-0.15, -0.1) is 0 Å². The van der Waals surface area contributed by atoms with Crippen LogP contribution in [0, 0.1) is 18.3 Å². The van der Waals surface area contributed by atoms with Crippen molar-refractivity contribution in [2.75, 3.05) is 7.11 Å². The van der Waals surface area contributed by atoms with Crippen molar-refractivity contribution in [3.05, 3.63) is 29.8 Å². The van der Waals surface area contributed by atoms with E-state index in [4.69, 9.17) is 5.26 Å². The van der Waals surface area contributed by atoms with Gasteiger partial charge in [-0.1, -0.05) is 17.7 Å². The quantitative estimate of drug-likeness (QED) is 0.723. The van der Waals surface area contributed by atoms with Gasteiger partial charge < -0.3 is 0 Å². The fourth-order valence-corrected chi connectivity index (χ4v) is 1.46.